The van der Waals surface area contributed by atoms with Gasteiger partial charge in [0.15, 0.2) is 0 Å². The van der Waals surface area contributed by atoms with E-state index in [4.69, 9.17) is 9.47 Å². The molecule has 0 radical (unpaired) electrons. The molecule has 0 spiro atoms. The van der Waals surface area contributed by atoms with E-state index >= 15 is 0 Å². The molecule has 110 valence electrons. The Morgan fingerprint density at radius 2 is 1.79 bits per heavy atom. The summed E-state index contributed by atoms with van der Waals surface area (Å²) in [6.45, 7) is 14.6. The number of nitrogens with one attached hydrogen (secondary N) is 1. The summed E-state index contributed by atoms with van der Waals surface area (Å²) in [6.07, 6.45) is -1.02. The zero-order valence-corrected chi connectivity index (χ0v) is 12.7. The SMILES string of the molecule is C=C(C)C(=O)OCC(C)OC(=O)NC(C)(C)C(C)C. The van der Waals surface area contributed by atoms with E-state index in [0.29, 0.717) is 5.57 Å². The Labute approximate surface area is 115 Å². The molecule has 1 N–H and O–H groups in total. The van der Waals surface area contributed by atoms with Crippen molar-refractivity contribution < 1.29 is 19.1 Å². The Balaban J connectivity index is 4.13. The molecule has 0 rings (SSSR count). The highest BCUT2D eigenvalue weighted by molar-refractivity contribution is 5.86. The van der Waals surface area contributed by atoms with E-state index in [1.807, 2.05) is 27.7 Å². The van der Waals surface area contributed by atoms with E-state index in [-0.39, 0.29) is 18.1 Å². The first-order valence-corrected chi connectivity index (χ1v) is 6.37. The number of ether oxygens (including phenoxy) is 2. The van der Waals surface area contributed by atoms with Crippen LogP contribution in [-0.2, 0) is 14.3 Å². The Hall–Kier alpha value is -1.52. The van der Waals surface area contributed by atoms with E-state index in [9.17, 15) is 9.59 Å². The first kappa shape index (κ1) is 17.5. The first-order chi connectivity index (χ1) is 8.56. The van der Waals surface area contributed by atoms with Crippen molar-refractivity contribution in [2.75, 3.05) is 6.61 Å². The van der Waals surface area contributed by atoms with Gasteiger partial charge in [0.05, 0.1) is 0 Å². The van der Waals surface area contributed by atoms with Gasteiger partial charge in [-0.25, -0.2) is 9.59 Å². The lowest BCUT2D eigenvalue weighted by Gasteiger charge is -2.30. The molecular weight excluding hydrogens is 246 g/mol. The van der Waals surface area contributed by atoms with Crippen molar-refractivity contribution in [2.24, 2.45) is 5.92 Å². The Morgan fingerprint density at radius 3 is 2.21 bits per heavy atom. The predicted molar refractivity (Wildman–Crippen MR) is 73.8 cm³/mol. The molecule has 1 atom stereocenters. The van der Waals surface area contributed by atoms with Crippen LogP contribution < -0.4 is 5.32 Å². The van der Waals surface area contributed by atoms with Crippen LogP contribution in [0.15, 0.2) is 12.2 Å². The number of carbonyl (C=O) groups is 2. The third kappa shape index (κ3) is 6.84. The number of rotatable bonds is 6. The Morgan fingerprint density at radius 1 is 1.26 bits per heavy atom. The third-order valence-corrected chi connectivity index (χ3v) is 2.97. The summed E-state index contributed by atoms with van der Waals surface area (Å²) in [5.41, 5.74) is -0.0388. The van der Waals surface area contributed by atoms with Crippen molar-refractivity contribution >= 4 is 12.1 Å². The lowest BCUT2D eigenvalue weighted by Crippen LogP contribution is -2.48. The Bertz CT molecular complexity index is 347. The second kappa shape index (κ2) is 7.16. The minimum absolute atomic E-state index is 0.0151. The monoisotopic (exact) mass is 271 g/mol. The highest BCUT2D eigenvalue weighted by Crippen LogP contribution is 2.15. The summed E-state index contributed by atoms with van der Waals surface area (Å²) in [5.74, 6) is -0.213. The van der Waals surface area contributed by atoms with Gasteiger partial charge in [-0.05, 0) is 33.6 Å². The zero-order valence-electron chi connectivity index (χ0n) is 12.7. The van der Waals surface area contributed by atoms with Gasteiger partial charge < -0.3 is 14.8 Å². The number of carbonyl (C=O) groups excluding carboxylic acids is 2. The summed E-state index contributed by atoms with van der Waals surface area (Å²) in [4.78, 5) is 22.8. The molecule has 1 amide bonds. The number of alkyl carbamates (subject to hydrolysis) is 1. The summed E-state index contributed by atoms with van der Waals surface area (Å²) in [5, 5.41) is 2.78. The molecule has 5 heteroatoms. The fourth-order valence-corrected chi connectivity index (χ4v) is 0.970. The van der Waals surface area contributed by atoms with Crippen LogP contribution in [0.4, 0.5) is 4.79 Å². The highest BCUT2D eigenvalue weighted by Gasteiger charge is 2.25. The first-order valence-electron chi connectivity index (χ1n) is 6.37. The fourth-order valence-electron chi connectivity index (χ4n) is 0.970. The number of hydrogen-bond donors (Lipinski definition) is 1. The van der Waals surface area contributed by atoms with Gasteiger partial charge in [-0.3, -0.25) is 0 Å². The molecular formula is C14H25NO4. The average molecular weight is 271 g/mol. The summed E-state index contributed by atoms with van der Waals surface area (Å²) >= 11 is 0. The molecule has 0 aliphatic heterocycles. The van der Waals surface area contributed by atoms with Crippen LogP contribution in [0.25, 0.3) is 0 Å². The van der Waals surface area contributed by atoms with Gasteiger partial charge in [0, 0.05) is 11.1 Å². The molecule has 0 fully saturated rings. The lowest BCUT2D eigenvalue weighted by atomic mass is 9.91. The van der Waals surface area contributed by atoms with Gasteiger partial charge in [0.1, 0.15) is 12.7 Å². The minimum atomic E-state index is -0.516. The molecule has 0 heterocycles. The molecule has 5 nitrogen and oxygen atoms in total. The zero-order chi connectivity index (χ0) is 15.2. The Kier molecular flexibility index (Phi) is 6.59. The van der Waals surface area contributed by atoms with Crippen molar-refractivity contribution in [3.63, 3.8) is 0 Å². The van der Waals surface area contributed by atoms with E-state index < -0.39 is 18.2 Å². The fraction of sp³-hybridized carbons (Fsp3) is 0.714. The van der Waals surface area contributed by atoms with Crippen molar-refractivity contribution in [3.8, 4) is 0 Å². The second-order valence-electron chi connectivity index (χ2n) is 5.60. The topological polar surface area (TPSA) is 64.6 Å². The second-order valence-corrected chi connectivity index (χ2v) is 5.60. The van der Waals surface area contributed by atoms with Gasteiger partial charge in [0.2, 0.25) is 0 Å². The normalized spacial score (nSPS) is 12.8. The van der Waals surface area contributed by atoms with Gasteiger partial charge in [-0.2, -0.15) is 0 Å². The molecule has 1 unspecified atom stereocenters. The van der Waals surface area contributed by atoms with Crippen LogP contribution in [0.3, 0.4) is 0 Å². The minimum Gasteiger partial charge on any atom is -0.458 e. The summed E-state index contributed by atoms with van der Waals surface area (Å²) < 4.78 is 10.0. The van der Waals surface area contributed by atoms with Crippen LogP contribution in [0.1, 0.15) is 41.5 Å². The molecule has 0 aromatic rings. The molecule has 19 heavy (non-hydrogen) atoms. The smallest absolute Gasteiger partial charge is 0.407 e. The molecule has 0 aliphatic rings. The maximum atomic E-state index is 11.7. The quantitative estimate of drug-likeness (QED) is 0.596. The lowest BCUT2D eigenvalue weighted by molar-refractivity contribution is -0.141. The molecule has 0 aliphatic carbocycles. The van der Waals surface area contributed by atoms with Crippen molar-refractivity contribution in [2.45, 2.75) is 53.2 Å². The maximum absolute atomic E-state index is 11.7. The van der Waals surface area contributed by atoms with Crippen LogP contribution in [-0.4, -0.2) is 30.3 Å². The average Bonchev–Trinajstić information content (AvgIpc) is 2.24. The predicted octanol–water partition coefficient (Wildman–Crippen LogP) is 2.66. The highest BCUT2D eigenvalue weighted by atomic mass is 16.6. The molecule has 0 aromatic carbocycles. The largest absolute Gasteiger partial charge is 0.458 e. The van der Waals surface area contributed by atoms with Crippen LogP contribution >= 0.6 is 0 Å². The van der Waals surface area contributed by atoms with E-state index in [1.54, 1.807) is 13.8 Å². The third-order valence-electron chi connectivity index (χ3n) is 2.97. The van der Waals surface area contributed by atoms with E-state index in [1.165, 1.54) is 0 Å². The van der Waals surface area contributed by atoms with Gasteiger partial charge in [-0.15, -0.1) is 0 Å². The molecule has 0 bridgehead atoms. The van der Waals surface area contributed by atoms with E-state index in [2.05, 4.69) is 11.9 Å². The number of amides is 1. The van der Waals surface area contributed by atoms with Gasteiger partial charge >= 0.3 is 12.1 Å². The molecule has 0 aromatic heterocycles. The summed E-state index contributed by atoms with van der Waals surface area (Å²) in [6, 6.07) is 0. The van der Waals surface area contributed by atoms with Gasteiger partial charge in [0.25, 0.3) is 0 Å². The standard InChI is InChI=1S/C14H25NO4/c1-9(2)12(16)18-8-11(5)19-13(17)15-14(6,7)10(3)4/h10-11H,1,8H2,2-7H3,(H,15,17). The van der Waals surface area contributed by atoms with Crippen LogP contribution in [0, 0.1) is 5.92 Å². The maximum Gasteiger partial charge on any atom is 0.407 e. The van der Waals surface area contributed by atoms with E-state index in [0.717, 1.165) is 0 Å². The number of esters is 1. The van der Waals surface area contributed by atoms with Gasteiger partial charge in [-0.1, -0.05) is 20.4 Å². The molecule has 0 saturated heterocycles. The van der Waals surface area contributed by atoms with Crippen LogP contribution in [0.2, 0.25) is 0 Å². The van der Waals surface area contributed by atoms with Crippen molar-refractivity contribution in [1.29, 1.82) is 0 Å². The van der Waals surface area contributed by atoms with Crippen molar-refractivity contribution in [3.05, 3.63) is 12.2 Å². The molecule has 0 saturated carbocycles. The van der Waals surface area contributed by atoms with Crippen molar-refractivity contribution in [1.82, 2.24) is 5.32 Å². The number of hydrogen-bond acceptors (Lipinski definition) is 4. The summed E-state index contributed by atoms with van der Waals surface area (Å²) in [7, 11) is 0. The van der Waals surface area contributed by atoms with Crippen LogP contribution in [0.5, 0.6) is 0 Å².